The molecule has 5 heteroatoms. The molecule has 1 N–H and O–H groups in total. The Kier molecular flexibility index (Phi) is 3.58. The Morgan fingerprint density at radius 2 is 2.33 bits per heavy atom. The number of phenolic OH excluding ortho intramolecular Hbond substituents is 1. The van der Waals surface area contributed by atoms with Gasteiger partial charge in [0.15, 0.2) is 0 Å². The smallest absolute Gasteiger partial charge is 0.229 e. The third kappa shape index (κ3) is 2.66. The zero-order valence-electron chi connectivity index (χ0n) is 10.00. The zero-order valence-corrected chi connectivity index (χ0v) is 10.00. The van der Waals surface area contributed by atoms with Crippen molar-refractivity contribution in [1.82, 2.24) is 10.1 Å². The molecule has 2 aromatic rings. The zero-order chi connectivity index (χ0) is 13.0. The van der Waals surface area contributed by atoms with Crippen LogP contribution in [0.5, 0.6) is 5.75 Å². The number of nitrogens with zero attached hydrogens (tertiary/aromatic N) is 3. The Hall–Kier alpha value is -2.35. The van der Waals surface area contributed by atoms with Crippen molar-refractivity contribution in [2.45, 2.75) is 25.7 Å². The second-order valence-electron chi connectivity index (χ2n) is 4.10. The molecule has 1 unspecified atom stereocenters. The fourth-order valence-corrected chi connectivity index (χ4v) is 1.60. The van der Waals surface area contributed by atoms with Gasteiger partial charge in [-0.05, 0) is 18.6 Å². The van der Waals surface area contributed by atoms with Gasteiger partial charge in [-0.2, -0.15) is 10.2 Å². The molecule has 1 heterocycles. The lowest BCUT2D eigenvalue weighted by Crippen LogP contribution is -1.93. The van der Waals surface area contributed by atoms with Gasteiger partial charge in [0.2, 0.25) is 11.7 Å². The number of rotatable bonds is 4. The Morgan fingerprint density at radius 1 is 1.50 bits per heavy atom. The van der Waals surface area contributed by atoms with Gasteiger partial charge in [-0.25, -0.2) is 0 Å². The molecule has 1 aromatic heterocycles. The molecule has 0 radical (unpaired) electrons. The van der Waals surface area contributed by atoms with E-state index in [1.165, 1.54) is 0 Å². The molecule has 0 spiro atoms. The van der Waals surface area contributed by atoms with Crippen LogP contribution >= 0.6 is 0 Å². The van der Waals surface area contributed by atoms with Crippen LogP contribution in [0.15, 0.2) is 28.8 Å². The molecule has 0 saturated heterocycles. The molecule has 0 bridgehead atoms. The van der Waals surface area contributed by atoms with Crippen LogP contribution in [-0.2, 0) is 0 Å². The van der Waals surface area contributed by atoms with Gasteiger partial charge < -0.3 is 9.63 Å². The van der Waals surface area contributed by atoms with Crippen molar-refractivity contribution >= 4 is 0 Å². The summed E-state index contributed by atoms with van der Waals surface area (Å²) in [6, 6.07) is 8.77. The van der Waals surface area contributed by atoms with E-state index in [1.807, 2.05) is 6.92 Å². The molecule has 2 rings (SSSR count). The highest BCUT2D eigenvalue weighted by Crippen LogP contribution is 2.24. The maximum atomic E-state index is 9.38. The lowest BCUT2D eigenvalue weighted by Gasteiger charge is -2.00. The Labute approximate surface area is 105 Å². The van der Waals surface area contributed by atoms with Gasteiger partial charge in [0.25, 0.3) is 0 Å². The molecule has 1 atom stereocenters. The quantitative estimate of drug-likeness (QED) is 0.892. The molecule has 0 fully saturated rings. The molecule has 0 amide bonds. The largest absolute Gasteiger partial charge is 0.508 e. The van der Waals surface area contributed by atoms with Crippen LogP contribution in [0.3, 0.4) is 0 Å². The van der Waals surface area contributed by atoms with E-state index in [-0.39, 0.29) is 11.7 Å². The van der Waals surface area contributed by atoms with E-state index in [2.05, 4.69) is 16.2 Å². The van der Waals surface area contributed by atoms with Gasteiger partial charge in [-0.15, -0.1) is 0 Å². The lowest BCUT2D eigenvalue weighted by molar-refractivity contribution is 0.355. The Balaban J connectivity index is 2.18. The highest BCUT2D eigenvalue weighted by atomic mass is 16.5. The first-order valence-corrected chi connectivity index (χ1v) is 5.70. The minimum absolute atomic E-state index is 0.0585. The van der Waals surface area contributed by atoms with Crippen molar-refractivity contribution in [3.63, 3.8) is 0 Å². The summed E-state index contributed by atoms with van der Waals surface area (Å²) < 4.78 is 5.17. The van der Waals surface area contributed by atoms with Gasteiger partial charge in [-0.1, -0.05) is 24.2 Å². The van der Waals surface area contributed by atoms with E-state index in [4.69, 9.17) is 9.78 Å². The van der Waals surface area contributed by atoms with Gasteiger partial charge in [0.1, 0.15) is 5.75 Å². The van der Waals surface area contributed by atoms with Crippen molar-refractivity contribution in [3.8, 4) is 23.2 Å². The van der Waals surface area contributed by atoms with Crippen molar-refractivity contribution in [3.05, 3.63) is 30.2 Å². The lowest BCUT2D eigenvalue weighted by atomic mass is 10.1. The normalized spacial score (nSPS) is 12.0. The van der Waals surface area contributed by atoms with Crippen molar-refractivity contribution < 1.29 is 9.63 Å². The second-order valence-corrected chi connectivity index (χ2v) is 4.10. The van der Waals surface area contributed by atoms with E-state index < -0.39 is 0 Å². The third-order valence-corrected chi connectivity index (χ3v) is 2.66. The van der Waals surface area contributed by atoms with Crippen molar-refractivity contribution in [2.24, 2.45) is 0 Å². The maximum Gasteiger partial charge on any atom is 0.229 e. The fraction of sp³-hybridized carbons (Fsp3) is 0.308. The molecule has 0 aliphatic heterocycles. The first kappa shape index (κ1) is 12.1. The summed E-state index contributed by atoms with van der Waals surface area (Å²) in [6.45, 7) is 1.94. The summed E-state index contributed by atoms with van der Waals surface area (Å²) in [4.78, 5) is 4.28. The average Bonchev–Trinajstić information content (AvgIpc) is 2.85. The van der Waals surface area contributed by atoms with Crippen molar-refractivity contribution in [1.29, 1.82) is 5.26 Å². The number of hydrogen-bond acceptors (Lipinski definition) is 5. The van der Waals surface area contributed by atoms with Gasteiger partial charge in [-0.3, -0.25) is 0 Å². The Morgan fingerprint density at radius 3 is 3.06 bits per heavy atom. The number of phenols is 1. The van der Waals surface area contributed by atoms with E-state index >= 15 is 0 Å². The highest BCUT2D eigenvalue weighted by Gasteiger charge is 2.15. The van der Waals surface area contributed by atoms with Gasteiger partial charge in [0.05, 0.1) is 6.07 Å². The summed E-state index contributed by atoms with van der Waals surface area (Å²) >= 11 is 0. The predicted molar refractivity (Wildman–Crippen MR) is 64.7 cm³/mol. The molecule has 0 saturated carbocycles. The van der Waals surface area contributed by atoms with Gasteiger partial charge in [0, 0.05) is 17.9 Å². The molecule has 5 nitrogen and oxygen atoms in total. The SMILES string of the molecule is CC(CCC#N)c1nc(-c2cccc(O)c2)no1. The van der Waals surface area contributed by atoms with Crippen LogP contribution in [0.2, 0.25) is 0 Å². The second kappa shape index (κ2) is 5.32. The molecular formula is C13H13N3O2. The van der Waals surface area contributed by atoms with E-state index in [0.717, 1.165) is 0 Å². The topological polar surface area (TPSA) is 82.9 Å². The number of nitriles is 1. The van der Waals surface area contributed by atoms with Crippen LogP contribution in [0.25, 0.3) is 11.4 Å². The van der Waals surface area contributed by atoms with Crippen LogP contribution in [-0.4, -0.2) is 15.2 Å². The van der Waals surface area contributed by atoms with E-state index in [0.29, 0.717) is 30.1 Å². The highest BCUT2D eigenvalue weighted by molar-refractivity contribution is 5.56. The standard InChI is InChI=1S/C13H13N3O2/c1-9(4-3-7-14)13-15-12(16-18-13)10-5-2-6-11(17)8-10/h2,5-6,8-9,17H,3-4H2,1H3. The fourth-order valence-electron chi connectivity index (χ4n) is 1.60. The first-order chi connectivity index (χ1) is 8.70. The number of aromatic nitrogens is 2. The predicted octanol–water partition coefficient (Wildman–Crippen LogP) is 2.85. The molecule has 0 aliphatic carbocycles. The minimum atomic E-state index is 0.0585. The summed E-state index contributed by atoms with van der Waals surface area (Å²) in [7, 11) is 0. The molecular weight excluding hydrogens is 230 g/mol. The molecule has 18 heavy (non-hydrogen) atoms. The average molecular weight is 243 g/mol. The van der Waals surface area contributed by atoms with Gasteiger partial charge >= 0.3 is 0 Å². The van der Waals surface area contributed by atoms with Crippen LogP contribution in [0, 0.1) is 11.3 Å². The summed E-state index contributed by atoms with van der Waals surface area (Å²) in [6.07, 6.45) is 1.16. The molecule has 1 aromatic carbocycles. The van der Waals surface area contributed by atoms with Crippen LogP contribution in [0.4, 0.5) is 0 Å². The number of hydrogen-bond donors (Lipinski definition) is 1. The van der Waals surface area contributed by atoms with E-state index in [9.17, 15) is 5.11 Å². The number of aromatic hydroxyl groups is 1. The van der Waals surface area contributed by atoms with Crippen LogP contribution in [0.1, 0.15) is 31.6 Å². The summed E-state index contributed by atoms with van der Waals surface area (Å²) in [5.41, 5.74) is 0.706. The molecule has 0 aliphatic rings. The van der Waals surface area contributed by atoms with Crippen LogP contribution < -0.4 is 0 Å². The summed E-state index contributed by atoms with van der Waals surface area (Å²) in [5, 5.41) is 21.8. The third-order valence-electron chi connectivity index (χ3n) is 2.66. The minimum Gasteiger partial charge on any atom is -0.508 e. The first-order valence-electron chi connectivity index (χ1n) is 5.70. The van der Waals surface area contributed by atoms with E-state index in [1.54, 1.807) is 24.3 Å². The van der Waals surface area contributed by atoms with Crippen molar-refractivity contribution in [2.75, 3.05) is 0 Å². The molecule has 92 valence electrons. The monoisotopic (exact) mass is 243 g/mol. The summed E-state index contributed by atoms with van der Waals surface area (Å²) in [5.74, 6) is 1.19. The number of benzene rings is 1. The Bertz CT molecular complexity index is 572. The maximum absolute atomic E-state index is 9.38.